The molecular weight excluding hydrogens is 250 g/mol. The molecule has 0 aromatic heterocycles. The molecule has 0 unspecified atom stereocenters. The van der Waals surface area contributed by atoms with Crippen molar-refractivity contribution in [2.75, 3.05) is 11.9 Å². The molecule has 0 spiro atoms. The standard InChI is InChI=1S/C17H27NS/c1-3-14(4-2)13-18-16-11-7-8-12-17(16)19-15-9-5-6-10-15/h7-8,11-12,14-15,18H,3-6,9-10,13H2,1-2H3. The molecular formula is C17H27NS. The molecule has 1 nitrogen and oxygen atoms in total. The number of rotatable bonds is 7. The first-order chi connectivity index (χ1) is 9.33. The summed E-state index contributed by atoms with van der Waals surface area (Å²) in [6, 6.07) is 8.82. The molecule has 1 saturated carbocycles. The lowest BCUT2D eigenvalue weighted by atomic mass is 10.0. The van der Waals surface area contributed by atoms with Crippen LogP contribution in [0.1, 0.15) is 52.4 Å². The van der Waals surface area contributed by atoms with Crippen LogP contribution in [0.15, 0.2) is 29.2 Å². The van der Waals surface area contributed by atoms with Gasteiger partial charge >= 0.3 is 0 Å². The highest BCUT2D eigenvalue weighted by atomic mass is 32.2. The molecule has 0 radical (unpaired) electrons. The van der Waals surface area contributed by atoms with Gasteiger partial charge in [-0.3, -0.25) is 0 Å². The van der Waals surface area contributed by atoms with Crippen LogP contribution in [0.2, 0.25) is 0 Å². The maximum absolute atomic E-state index is 3.67. The van der Waals surface area contributed by atoms with E-state index in [0.717, 1.165) is 17.7 Å². The highest BCUT2D eigenvalue weighted by Gasteiger charge is 2.17. The Morgan fingerprint density at radius 3 is 2.53 bits per heavy atom. The summed E-state index contributed by atoms with van der Waals surface area (Å²) < 4.78 is 0. The Kier molecular flexibility index (Phi) is 6.09. The minimum Gasteiger partial charge on any atom is -0.384 e. The van der Waals surface area contributed by atoms with Gasteiger partial charge in [-0.25, -0.2) is 0 Å². The molecule has 1 aliphatic rings. The van der Waals surface area contributed by atoms with Gasteiger partial charge in [0.1, 0.15) is 0 Å². The van der Waals surface area contributed by atoms with Gasteiger partial charge in [-0.05, 0) is 30.9 Å². The van der Waals surface area contributed by atoms with Gasteiger partial charge in [0.05, 0.1) is 0 Å². The van der Waals surface area contributed by atoms with E-state index in [0.29, 0.717) is 0 Å². The third-order valence-electron chi connectivity index (χ3n) is 4.22. The van der Waals surface area contributed by atoms with Gasteiger partial charge in [-0.1, -0.05) is 51.7 Å². The quantitative estimate of drug-likeness (QED) is 0.699. The molecule has 2 rings (SSSR count). The van der Waals surface area contributed by atoms with Crippen molar-refractivity contribution in [3.05, 3.63) is 24.3 Å². The summed E-state index contributed by atoms with van der Waals surface area (Å²) in [6.45, 7) is 5.68. The summed E-state index contributed by atoms with van der Waals surface area (Å²) in [5.41, 5.74) is 1.34. The minimum absolute atomic E-state index is 0.796. The number of benzene rings is 1. The second-order valence-electron chi connectivity index (χ2n) is 5.58. The van der Waals surface area contributed by atoms with Crippen LogP contribution in [-0.2, 0) is 0 Å². The average molecular weight is 277 g/mol. The molecule has 1 fully saturated rings. The zero-order valence-electron chi connectivity index (χ0n) is 12.3. The van der Waals surface area contributed by atoms with Crippen LogP contribution in [0.3, 0.4) is 0 Å². The average Bonchev–Trinajstić information content (AvgIpc) is 2.94. The molecule has 0 heterocycles. The summed E-state index contributed by atoms with van der Waals surface area (Å²) in [5.74, 6) is 0.796. The zero-order valence-corrected chi connectivity index (χ0v) is 13.1. The smallest absolute Gasteiger partial charge is 0.0478 e. The van der Waals surface area contributed by atoms with Crippen molar-refractivity contribution in [2.45, 2.75) is 62.5 Å². The maximum atomic E-state index is 3.67. The topological polar surface area (TPSA) is 12.0 Å². The molecule has 1 aliphatic carbocycles. The first-order valence-corrected chi connectivity index (χ1v) is 8.71. The number of nitrogens with one attached hydrogen (secondary N) is 1. The van der Waals surface area contributed by atoms with E-state index < -0.39 is 0 Å². The van der Waals surface area contributed by atoms with Crippen LogP contribution in [-0.4, -0.2) is 11.8 Å². The Morgan fingerprint density at radius 2 is 1.84 bits per heavy atom. The largest absolute Gasteiger partial charge is 0.384 e. The number of hydrogen-bond donors (Lipinski definition) is 1. The molecule has 19 heavy (non-hydrogen) atoms. The lowest BCUT2D eigenvalue weighted by Gasteiger charge is -2.18. The van der Waals surface area contributed by atoms with Gasteiger partial charge in [-0.2, -0.15) is 0 Å². The van der Waals surface area contributed by atoms with Gasteiger partial charge in [-0.15, -0.1) is 11.8 Å². The molecule has 1 aromatic rings. The molecule has 2 heteroatoms. The summed E-state index contributed by atoms with van der Waals surface area (Å²) >= 11 is 2.08. The van der Waals surface area contributed by atoms with Crippen molar-refractivity contribution < 1.29 is 0 Å². The van der Waals surface area contributed by atoms with Crippen molar-refractivity contribution in [3.8, 4) is 0 Å². The van der Waals surface area contributed by atoms with Crippen molar-refractivity contribution >= 4 is 17.4 Å². The molecule has 1 N–H and O–H groups in total. The normalized spacial score (nSPS) is 16.2. The number of para-hydroxylation sites is 1. The van der Waals surface area contributed by atoms with Crippen molar-refractivity contribution in [3.63, 3.8) is 0 Å². The van der Waals surface area contributed by atoms with E-state index in [1.807, 2.05) is 0 Å². The Labute approximate surface area is 122 Å². The highest BCUT2D eigenvalue weighted by molar-refractivity contribution is 8.00. The summed E-state index contributed by atoms with van der Waals surface area (Å²) in [6.07, 6.45) is 8.15. The third kappa shape index (κ3) is 4.45. The van der Waals surface area contributed by atoms with Gasteiger partial charge in [0.15, 0.2) is 0 Å². The Balaban J connectivity index is 1.95. The monoisotopic (exact) mass is 277 g/mol. The first kappa shape index (κ1) is 14.8. The van der Waals surface area contributed by atoms with E-state index in [1.54, 1.807) is 0 Å². The van der Waals surface area contributed by atoms with Gasteiger partial charge in [0.2, 0.25) is 0 Å². The Bertz CT molecular complexity index is 367. The summed E-state index contributed by atoms with van der Waals surface area (Å²) in [4.78, 5) is 1.44. The van der Waals surface area contributed by atoms with Crippen LogP contribution in [0.25, 0.3) is 0 Å². The van der Waals surface area contributed by atoms with Gasteiger partial charge in [0, 0.05) is 22.4 Å². The lowest BCUT2D eigenvalue weighted by molar-refractivity contribution is 0.519. The fraction of sp³-hybridized carbons (Fsp3) is 0.647. The van der Waals surface area contributed by atoms with E-state index in [2.05, 4.69) is 55.2 Å². The Morgan fingerprint density at radius 1 is 1.16 bits per heavy atom. The number of anilines is 1. The first-order valence-electron chi connectivity index (χ1n) is 7.83. The van der Waals surface area contributed by atoms with E-state index >= 15 is 0 Å². The van der Waals surface area contributed by atoms with Crippen LogP contribution in [0, 0.1) is 5.92 Å². The van der Waals surface area contributed by atoms with Gasteiger partial charge in [0.25, 0.3) is 0 Å². The van der Waals surface area contributed by atoms with E-state index in [9.17, 15) is 0 Å². The van der Waals surface area contributed by atoms with Crippen LogP contribution >= 0.6 is 11.8 Å². The second-order valence-corrected chi connectivity index (χ2v) is 6.93. The van der Waals surface area contributed by atoms with Gasteiger partial charge < -0.3 is 5.32 Å². The fourth-order valence-corrected chi connectivity index (χ4v) is 4.09. The predicted octanol–water partition coefficient (Wildman–Crippen LogP) is 5.57. The molecule has 0 saturated heterocycles. The third-order valence-corrected chi connectivity index (χ3v) is 5.63. The van der Waals surface area contributed by atoms with E-state index in [-0.39, 0.29) is 0 Å². The van der Waals surface area contributed by atoms with Crippen molar-refractivity contribution in [1.29, 1.82) is 0 Å². The Hall–Kier alpha value is -0.630. The van der Waals surface area contributed by atoms with Crippen molar-refractivity contribution in [2.24, 2.45) is 5.92 Å². The van der Waals surface area contributed by atoms with Crippen molar-refractivity contribution in [1.82, 2.24) is 0 Å². The predicted molar refractivity (Wildman–Crippen MR) is 87.1 cm³/mol. The second kappa shape index (κ2) is 7.84. The number of hydrogen-bond acceptors (Lipinski definition) is 2. The van der Waals surface area contributed by atoms with Crippen LogP contribution in [0.4, 0.5) is 5.69 Å². The SMILES string of the molecule is CCC(CC)CNc1ccccc1SC1CCCC1. The molecule has 0 atom stereocenters. The van der Waals surface area contributed by atoms with Crippen LogP contribution < -0.4 is 5.32 Å². The van der Waals surface area contributed by atoms with E-state index in [4.69, 9.17) is 0 Å². The summed E-state index contributed by atoms with van der Waals surface area (Å²) in [5, 5.41) is 4.51. The molecule has 0 bridgehead atoms. The molecule has 0 amide bonds. The van der Waals surface area contributed by atoms with E-state index in [1.165, 1.54) is 49.1 Å². The fourth-order valence-electron chi connectivity index (χ4n) is 2.73. The zero-order chi connectivity index (χ0) is 13.5. The molecule has 0 aliphatic heterocycles. The minimum atomic E-state index is 0.796. The molecule has 1 aromatic carbocycles. The van der Waals surface area contributed by atoms with Crippen LogP contribution in [0.5, 0.6) is 0 Å². The summed E-state index contributed by atoms with van der Waals surface area (Å²) in [7, 11) is 0. The number of thioether (sulfide) groups is 1. The highest BCUT2D eigenvalue weighted by Crippen LogP contribution is 2.38. The lowest BCUT2D eigenvalue weighted by Crippen LogP contribution is -2.13. The molecule has 106 valence electrons. The maximum Gasteiger partial charge on any atom is 0.0478 e.